The van der Waals surface area contributed by atoms with Gasteiger partial charge in [-0.25, -0.2) is 4.39 Å². The number of amides is 4. The second kappa shape index (κ2) is 17.2. The number of halogens is 1. The lowest BCUT2D eigenvalue weighted by Crippen LogP contribution is -2.53. The molecular weight excluding hydrogens is 610 g/mol. The molecule has 0 heterocycles. The van der Waals surface area contributed by atoms with Crippen LogP contribution >= 0.6 is 7.37 Å². The minimum atomic E-state index is -4.50. The molecule has 0 aromatic heterocycles. The van der Waals surface area contributed by atoms with Crippen molar-refractivity contribution in [3.63, 3.8) is 0 Å². The van der Waals surface area contributed by atoms with Crippen LogP contribution < -0.4 is 21.7 Å². The first kappa shape index (κ1) is 35.9. The van der Waals surface area contributed by atoms with Gasteiger partial charge in [0.2, 0.25) is 25.1 Å². The van der Waals surface area contributed by atoms with Crippen molar-refractivity contribution in [3.8, 4) is 0 Å². The summed E-state index contributed by atoms with van der Waals surface area (Å²) in [5, 5.41) is 7.53. The Morgan fingerprint density at radius 2 is 1.48 bits per heavy atom. The smallest absolute Gasteiger partial charge is 0.254 e. The molecule has 12 heteroatoms. The largest absolute Gasteiger partial charge is 0.368 e. The molecule has 4 atom stereocenters. The van der Waals surface area contributed by atoms with Crippen molar-refractivity contribution < 1.29 is 33.0 Å². The number of carbonyl (C=O) groups excluding carboxylic acids is 4. The quantitative estimate of drug-likeness (QED) is 0.147. The predicted octanol–water partition coefficient (Wildman–Crippen LogP) is 4.00. The number of nitrogens with one attached hydrogen (secondary N) is 3. The minimum absolute atomic E-state index is 0.0760. The Labute approximate surface area is 268 Å². The van der Waals surface area contributed by atoms with Crippen LogP contribution in [0, 0.1) is 11.7 Å². The first-order valence-electron chi connectivity index (χ1n) is 14.9. The zero-order chi connectivity index (χ0) is 33.7. The van der Waals surface area contributed by atoms with Crippen molar-refractivity contribution >= 4 is 37.1 Å². The number of primary amides is 1. The van der Waals surface area contributed by atoms with Crippen LogP contribution in [0.3, 0.4) is 0 Å². The van der Waals surface area contributed by atoms with Crippen LogP contribution in [0.25, 0.3) is 6.08 Å². The second-order valence-corrected chi connectivity index (χ2v) is 13.8. The fourth-order valence-electron chi connectivity index (χ4n) is 4.69. The van der Waals surface area contributed by atoms with Crippen LogP contribution in [0.15, 0.2) is 91.0 Å². The van der Waals surface area contributed by atoms with Gasteiger partial charge in [-0.3, -0.25) is 23.7 Å². The molecule has 0 aliphatic carbocycles. The van der Waals surface area contributed by atoms with Crippen molar-refractivity contribution in [1.29, 1.82) is 0 Å². The van der Waals surface area contributed by atoms with Crippen molar-refractivity contribution in [2.45, 2.75) is 51.0 Å². The van der Waals surface area contributed by atoms with E-state index in [1.54, 1.807) is 42.5 Å². The third-order valence-corrected chi connectivity index (χ3v) is 9.07. The van der Waals surface area contributed by atoms with Gasteiger partial charge in [0.1, 0.15) is 29.8 Å². The molecule has 3 rings (SSSR count). The molecule has 0 aliphatic rings. The molecule has 46 heavy (non-hydrogen) atoms. The normalized spacial score (nSPS) is 14.5. The Balaban J connectivity index is 1.74. The van der Waals surface area contributed by atoms with Crippen molar-refractivity contribution in [1.82, 2.24) is 16.0 Å². The van der Waals surface area contributed by atoms with Crippen LogP contribution in [-0.2, 0) is 25.4 Å². The summed E-state index contributed by atoms with van der Waals surface area (Å²) < 4.78 is 28.0. The highest BCUT2D eigenvalue weighted by atomic mass is 31.2. The van der Waals surface area contributed by atoms with E-state index in [9.17, 15) is 33.0 Å². The SMILES string of the molecule is CC(C)C[C@H](NC(=O)CP(=O)(O)C(Cc1ccccc1)NC(=O)c1ccccc1F)C(=O)N[C@@H](C/C=C/c1ccccc1)C(N)=O. The van der Waals surface area contributed by atoms with Gasteiger partial charge in [-0.05, 0) is 42.0 Å². The first-order valence-corrected chi connectivity index (χ1v) is 16.8. The van der Waals surface area contributed by atoms with Gasteiger partial charge in [-0.1, -0.05) is 98.8 Å². The third-order valence-electron chi connectivity index (χ3n) is 7.05. The van der Waals surface area contributed by atoms with E-state index >= 15 is 0 Å². The van der Waals surface area contributed by atoms with Crippen molar-refractivity contribution in [2.75, 3.05) is 6.16 Å². The summed E-state index contributed by atoms with van der Waals surface area (Å²) in [4.78, 5) is 62.6. The fraction of sp³-hybridized carbons (Fsp3) is 0.294. The van der Waals surface area contributed by atoms with E-state index in [4.69, 9.17) is 5.73 Å². The van der Waals surface area contributed by atoms with Crippen LogP contribution in [-0.4, -0.2) is 52.6 Å². The van der Waals surface area contributed by atoms with E-state index in [1.807, 2.05) is 44.2 Å². The van der Waals surface area contributed by atoms with Gasteiger partial charge in [0, 0.05) is 6.42 Å². The maximum atomic E-state index is 14.3. The van der Waals surface area contributed by atoms with Crippen molar-refractivity contribution in [3.05, 3.63) is 114 Å². The summed E-state index contributed by atoms with van der Waals surface area (Å²) >= 11 is 0. The molecule has 6 N–H and O–H groups in total. The Kier molecular flexibility index (Phi) is 13.4. The molecule has 2 unspecified atom stereocenters. The maximum Gasteiger partial charge on any atom is 0.254 e. The molecule has 10 nitrogen and oxygen atoms in total. The molecule has 0 bridgehead atoms. The monoisotopic (exact) mass is 650 g/mol. The average Bonchev–Trinajstić information content (AvgIpc) is 3.00. The molecule has 244 valence electrons. The molecule has 0 fully saturated rings. The molecule has 3 aromatic rings. The van der Waals surface area contributed by atoms with E-state index in [1.165, 1.54) is 18.2 Å². The van der Waals surface area contributed by atoms with Gasteiger partial charge in [0.25, 0.3) is 5.91 Å². The first-order chi connectivity index (χ1) is 21.9. The molecule has 4 amide bonds. The zero-order valence-corrected chi connectivity index (χ0v) is 26.7. The molecule has 0 radical (unpaired) electrons. The van der Waals surface area contributed by atoms with Crippen LogP contribution in [0.4, 0.5) is 4.39 Å². The number of benzene rings is 3. The maximum absolute atomic E-state index is 14.3. The number of hydrogen-bond acceptors (Lipinski definition) is 5. The lowest BCUT2D eigenvalue weighted by atomic mass is 10.0. The summed E-state index contributed by atoms with van der Waals surface area (Å²) in [6.45, 7) is 3.65. The fourth-order valence-corrected chi connectivity index (χ4v) is 6.23. The van der Waals surface area contributed by atoms with E-state index in [2.05, 4.69) is 16.0 Å². The number of carbonyl (C=O) groups is 4. The summed E-state index contributed by atoms with van der Waals surface area (Å²) in [7, 11) is -4.50. The molecule has 0 saturated heterocycles. The van der Waals surface area contributed by atoms with Crippen LogP contribution in [0.2, 0.25) is 0 Å². The lowest BCUT2D eigenvalue weighted by molar-refractivity contribution is -0.131. The van der Waals surface area contributed by atoms with E-state index in [0.717, 1.165) is 11.6 Å². The minimum Gasteiger partial charge on any atom is -0.368 e. The summed E-state index contributed by atoms with van der Waals surface area (Å²) in [6, 6.07) is 20.9. The highest BCUT2D eigenvalue weighted by Crippen LogP contribution is 2.46. The van der Waals surface area contributed by atoms with E-state index < -0.39 is 60.8 Å². The predicted molar refractivity (Wildman–Crippen MR) is 175 cm³/mol. The molecule has 0 aliphatic heterocycles. The Morgan fingerprint density at radius 3 is 2.09 bits per heavy atom. The van der Waals surface area contributed by atoms with E-state index in [0.29, 0.717) is 5.56 Å². The highest BCUT2D eigenvalue weighted by Gasteiger charge is 2.36. The molecular formula is C34H40FN4O6P. The van der Waals surface area contributed by atoms with Gasteiger partial charge < -0.3 is 26.6 Å². The molecule has 3 aromatic carbocycles. The van der Waals surface area contributed by atoms with Gasteiger partial charge in [-0.2, -0.15) is 0 Å². The van der Waals surface area contributed by atoms with Gasteiger partial charge in [-0.15, -0.1) is 0 Å². The lowest BCUT2D eigenvalue weighted by Gasteiger charge is -2.26. The van der Waals surface area contributed by atoms with Crippen LogP contribution in [0.5, 0.6) is 0 Å². The number of nitrogens with two attached hydrogens (primary N) is 1. The Hall–Kier alpha value is -4.60. The summed E-state index contributed by atoms with van der Waals surface area (Å²) in [5.74, 6) is -5.60. The topological polar surface area (TPSA) is 168 Å². The van der Waals surface area contributed by atoms with Gasteiger partial charge in [0.05, 0.1) is 5.56 Å². The third kappa shape index (κ3) is 11.4. The summed E-state index contributed by atoms with van der Waals surface area (Å²) in [6.07, 6.45) is 2.71. The number of rotatable bonds is 16. The Morgan fingerprint density at radius 1 is 0.870 bits per heavy atom. The van der Waals surface area contributed by atoms with E-state index in [-0.39, 0.29) is 30.7 Å². The van der Waals surface area contributed by atoms with Crippen LogP contribution in [0.1, 0.15) is 48.2 Å². The zero-order valence-electron chi connectivity index (χ0n) is 25.8. The molecule has 0 saturated carbocycles. The summed E-state index contributed by atoms with van der Waals surface area (Å²) in [5.41, 5.74) is 6.72. The highest BCUT2D eigenvalue weighted by molar-refractivity contribution is 7.59. The van der Waals surface area contributed by atoms with Gasteiger partial charge in [0.15, 0.2) is 0 Å². The average molecular weight is 651 g/mol. The van der Waals surface area contributed by atoms with Crippen molar-refractivity contribution in [2.24, 2.45) is 11.7 Å². The van der Waals surface area contributed by atoms with Gasteiger partial charge >= 0.3 is 0 Å². The number of hydrogen-bond donors (Lipinski definition) is 5. The Bertz CT molecular complexity index is 1570. The molecule has 0 spiro atoms. The standard InChI is InChI=1S/C34H40FN4O6P/c1-23(2)20-29(34(43)38-28(32(36)41)19-11-16-24-12-5-3-6-13-24)37-30(40)22-46(44,45)31(21-25-14-7-4-8-15-25)39-33(42)26-17-9-10-18-27(26)35/h3-18,23,28-29,31H,19-22H2,1-2H3,(H2,36,41)(H,37,40)(H,38,43)(H,39,42)(H,44,45)/b16-11+/t28-,29-,31?/m0/s1. The second-order valence-electron chi connectivity index (χ2n) is 11.3.